The van der Waals surface area contributed by atoms with Crippen LogP contribution < -0.4 is 15.8 Å². The Balaban J connectivity index is 2.29. The van der Waals surface area contributed by atoms with Crippen LogP contribution in [0.3, 0.4) is 0 Å². The second-order valence-corrected chi connectivity index (χ2v) is 7.82. The van der Waals surface area contributed by atoms with Crippen molar-refractivity contribution in [2.75, 3.05) is 20.1 Å². The summed E-state index contributed by atoms with van der Waals surface area (Å²) < 4.78 is 22.4. The minimum atomic E-state index is -3.62. The molecule has 136 valence electrons. The molecule has 0 unspecified atom stereocenters. The summed E-state index contributed by atoms with van der Waals surface area (Å²) in [5.74, 6) is 1.55. The Morgan fingerprint density at radius 3 is 2.29 bits per heavy atom. The van der Waals surface area contributed by atoms with Crippen LogP contribution in [0.2, 0.25) is 0 Å². The maximum Gasteiger partial charge on any atom is 0.238 e. The topological polar surface area (TPSA) is 96.6 Å². The first-order valence-corrected chi connectivity index (χ1v) is 9.94. The molecule has 0 aliphatic heterocycles. The number of aliphatic imine (C=N–C) groups is 1. The molecule has 6 nitrogen and oxygen atoms in total. The highest BCUT2D eigenvalue weighted by Crippen LogP contribution is 2.09. The molecule has 7 heteroatoms. The zero-order valence-electron chi connectivity index (χ0n) is 14.9. The van der Waals surface area contributed by atoms with Crippen LogP contribution in [-0.4, -0.2) is 34.5 Å². The van der Waals surface area contributed by atoms with E-state index in [0.717, 1.165) is 43.4 Å². The van der Waals surface area contributed by atoms with E-state index < -0.39 is 10.0 Å². The molecule has 0 fully saturated rings. The van der Waals surface area contributed by atoms with E-state index in [1.54, 1.807) is 19.2 Å². The van der Waals surface area contributed by atoms with Gasteiger partial charge in [0.1, 0.15) is 0 Å². The highest BCUT2D eigenvalue weighted by atomic mass is 32.2. The van der Waals surface area contributed by atoms with Gasteiger partial charge < -0.3 is 10.6 Å². The molecule has 0 saturated carbocycles. The molecule has 0 amide bonds. The van der Waals surface area contributed by atoms with Gasteiger partial charge in [-0.3, -0.25) is 4.99 Å². The monoisotopic (exact) mass is 354 g/mol. The molecule has 0 aliphatic rings. The number of nitrogens with zero attached hydrogens (tertiary/aromatic N) is 1. The molecule has 0 radical (unpaired) electrons. The van der Waals surface area contributed by atoms with Gasteiger partial charge in [0.05, 0.1) is 4.90 Å². The van der Waals surface area contributed by atoms with E-state index in [4.69, 9.17) is 5.14 Å². The van der Waals surface area contributed by atoms with Gasteiger partial charge in [-0.2, -0.15) is 0 Å². The van der Waals surface area contributed by atoms with Crippen molar-refractivity contribution in [2.45, 2.75) is 44.4 Å². The summed E-state index contributed by atoms with van der Waals surface area (Å²) in [5, 5.41) is 11.6. The van der Waals surface area contributed by atoms with Crippen molar-refractivity contribution >= 4 is 16.0 Å². The van der Waals surface area contributed by atoms with Crippen LogP contribution in [0.4, 0.5) is 0 Å². The molecular formula is C17H30N4O2S. The van der Waals surface area contributed by atoms with E-state index in [1.807, 2.05) is 0 Å². The Morgan fingerprint density at radius 1 is 1.12 bits per heavy atom. The number of sulfonamides is 1. The number of nitrogens with one attached hydrogen (secondary N) is 2. The molecular weight excluding hydrogens is 324 g/mol. The Bertz CT molecular complexity index is 610. The molecule has 1 aromatic rings. The van der Waals surface area contributed by atoms with Gasteiger partial charge in [0, 0.05) is 20.1 Å². The third-order valence-corrected chi connectivity index (χ3v) is 4.61. The summed E-state index contributed by atoms with van der Waals surface area (Å²) in [7, 11) is -1.87. The Kier molecular flexibility index (Phi) is 8.78. The van der Waals surface area contributed by atoms with Crippen LogP contribution in [0, 0.1) is 5.92 Å². The first-order chi connectivity index (χ1) is 11.3. The molecule has 1 rings (SSSR count). The zero-order chi connectivity index (χ0) is 18.0. The van der Waals surface area contributed by atoms with Gasteiger partial charge in [-0.05, 0) is 36.5 Å². The van der Waals surface area contributed by atoms with E-state index in [1.165, 1.54) is 25.0 Å². The third kappa shape index (κ3) is 8.31. The molecule has 1 aromatic carbocycles. The molecule has 0 aromatic heterocycles. The average molecular weight is 355 g/mol. The van der Waals surface area contributed by atoms with Gasteiger partial charge in [0.2, 0.25) is 10.0 Å². The number of nitrogens with two attached hydrogens (primary N) is 1. The van der Waals surface area contributed by atoms with Crippen molar-refractivity contribution < 1.29 is 8.42 Å². The maximum absolute atomic E-state index is 11.2. The van der Waals surface area contributed by atoms with Crippen LogP contribution in [0.15, 0.2) is 34.2 Å². The van der Waals surface area contributed by atoms with Crippen LogP contribution >= 0.6 is 0 Å². The van der Waals surface area contributed by atoms with Gasteiger partial charge in [-0.15, -0.1) is 0 Å². The van der Waals surface area contributed by atoms with Crippen molar-refractivity contribution in [3.05, 3.63) is 29.8 Å². The number of benzene rings is 1. The lowest BCUT2D eigenvalue weighted by molar-refractivity contribution is 0.534. The minimum absolute atomic E-state index is 0.137. The van der Waals surface area contributed by atoms with Gasteiger partial charge in [-0.1, -0.05) is 38.8 Å². The highest BCUT2D eigenvalue weighted by molar-refractivity contribution is 7.89. The molecule has 0 bridgehead atoms. The molecule has 4 N–H and O–H groups in total. The van der Waals surface area contributed by atoms with E-state index in [9.17, 15) is 8.42 Å². The molecule has 0 spiro atoms. The SMILES string of the molecule is CN=C(NCCCCC(C)C)NCCc1ccc(S(N)(=O)=O)cc1. The first-order valence-electron chi connectivity index (χ1n) is 8.39. The fraction of sp³-hybridized carbons (Fsp3) is 0.588. The summed E-state index contributed by atoms with van der Waals surface area (Å²) in [4.78, 5) is 4.33. The molecule has 24 heavy (non-hydrogen) atoms. The number of rotatable bonds is 9. The minimum Gasteiger partial charge on any atom is -0.356 e. The second kappa shape index (κ2) is 10.3. The fourth-order valence-corrected chi connectivity index (χ4v) is 2.79. The van der Waals surface area contributed by atoms with Crippen molar-refractivity contribution in [1.82, 2.24) is 10.6 Å². The van der Waals surface area contributed by atoms with Gasteiger partial charge in [0.15, 0.2) is 5.96 Å². The number of unbranched alkanes of at least 4 members (excludes halogenated alkanes) is 1. The summed E-state index contributed by atoms with van der Waals surface area (Å²) in [6, 6.07) is 6.63. The second-order valence-electron chi connectivity index (χ2n) is 6.25. The van der Waals surface area contributed by atoms with Crippen LogP contribution in [0.1, 0.15) is 38.7 Å². The quantitative estimate of drug-likeness (QED) is 0.358. The van der Waals surface area contributed by atoms with Gasteiger partial charge in [-0.25, -0.2) is 13.6 Å². The molecule has 0 atom stereocenters. The maximum atomic E-state index is 11.2. The third-order valence-electron chi connectivity index (χ3n) is 3.68. The number of guanidine groups is 1. The highest BCUT2D eigenvalue weighted by Gasteiger charge is 2.06. The lowest BCUT2D eigenvalue weighted by Crippen LogP contribution is -2.38. The van der Waals surface area contributed by atoms with Crippen LogP contribution in [-0.2, 0) is 16.4 Å². The van der Waals surface area contributed by atoms with Crippen LogP contribution in [0.25, 0.3) is 0 Å². The molecule has 0 aliphatic carbocycles. The average Bonchev–Trinajstić information content (AvgIpc) is 2.52. The van der Waals surface area contributed by atoms with E-state index in [0.29, 0.717) is 0 Å². The lowest BCUT2D eigenvalue weighted by Gasteiger charge is -2.12. The summed E-state index contributed by atoms with van der Waals surface area (Å²) in [6.45, 7) is 6.11. The van der Waals surface area contributed by atoms with Crippen molar-refractivity contribution in [2.24, 2.45) is 16.0 Å². The molecule has 0 heterocycles. The summed E-state index contributed by atoms with van der Waals surface area (Å²) in [6.07, 6.45) is 4.38. The lowest BCUT2D eigenvalue weighted by atomic mass is 10.1. The van der Waals surface area contributed by atoms with E-state index >= 15 is 0 Å². The largest absolute Gasteiger partial charge is 0.356 e. The Hall–Kier alpha value is -1.60. The number of hydrogen-bond acceptors (Lipinski definition) is 3. The first kappa shape index (κ1) is 20.4. The predicted molar refractivity (Wildman–Crippen MR) is 99.6 cm³/mol. The predicted octanol–water partition coefficient (Wildman–Crippen LogP) is 1.87. The standard InChI is InChI=1S/C17H30N4O2S/c1-14(2)6-4-5-12-20-17(19-3)21-13-11-15-7-9-16(10-8-15)24(18,22)23/h7-10,14H,4-6,11-13H2,1-3H3,(H2,18,22,23)(H2,19,20,21). The summed E-state index contributed by atoms with van der Waals surface area (Å²) >= 11 is 0. The summed E-state index contributed by atoms with van der Waals surface area (Å²) in [5.41, 5.74) is 1.04. The van der Waals surface area contributed by atoms with Crippen molar-refractivity contribution in [3.63, 3.8) is 0 Å². The van der Waals surface area contributed by atoms with E-state index in [-0.39, 0.29) is 4.90 Å². The Morgan fingerprint density at radius 2 is 1.75 bits per heavy atom. The smallest absolute Gasteiger partial charge is 0.238 e. The normalized spacial score (nSPS) is 12.5. The Labute approximate surface area is 146 Å². The van der Waals surface area contributed by atoms with Gasteiger partial charge in [0.25, 0.3) is 0 Å². The number of hydrogen-bond donors (Lipinski definition) is 3. The number of primary sulfonamides is 1. The van der Waals surface area contributed by atoms with Crippen LogP contribution in [0.5, 0.6) is 0 Å². The fourth-order valence-electron chi connectivity index (χ4n) is 2.28. The van der Waals surface area contributed by atoms with E-state index in [2.05, 4.69) is 29.5 Å². The van der Waals surface area contributed by atoms with Crippen molar-refractivity contribution in [3.8, 4) is 0 Å². The van der Waals surface area contributed by atoms with Crippen molar-refractivity contribution in [1.29, 1.82) is 0 Å². The molecule has 0 saturated heterocycles. The van der Waals surface area contributed by atoms with Gasteiger partial charge >= 0.3 is 0 Å². The zero-order valence-corrected chi connectivity index (χ0v) is 15.7.